The molecule has 104 valence electrons. The lowest BCUT2D eigenvalue weighted by Crippen LogP contribution is -2.37. The molecule has 1 aliphatic heterocycles. The number of benzene rings is 1. The Balaban J connectivity index is 1.88. The van der Waals surface area contributed by atoms with Crippen LogP contribution in [-0.2, 0) is 6.42 Å². The predicted octanol–water partition coefficient (Wildman–Crippen LogP) is 3.86. The Hall–Kier alpha value is -1.81. The van der Waals surface area contributed by atoms with Crippen molar-refractivity contribution in [3.63, 3.8) is 0 Å². The number of aryl methyl sites for hydroxylation is 2. The monoisotopic (exact) mass is 286 g/mol. The summed E-state index contributed by atoms with van der Waals surface area (Å²) in [6.07, 6.45) is 1.99. The fraction of sp³-hybridized carbons (Fsp3) is 0.312. The first-order valence-electron chi connectivity index (χ1n) is 6.94. The SMILES string of the molecule is CCCc1cc2c(s1)N[C@H](c1ccc(C)cc1)NC2=O. The Kier molecular flexibility index (Phi) is 3.49. The summed E-state index contributed by atoms with van der Waals surface area (Å²) in [7, 11) is 0. The van der Waals surface area contributed by atoms with E-state index in [1.54, 1.807) is 11.3 Å². The lowest BCUT2D eigenvalue weighted by molar-refractivity contribution is 0.0936. The molecule has 2 heterocycles. The van der Waals surface area contributed by atoms with Gasteiger partial charge in [-0.2, -0.15) is 0 Å². The molecule has 2 N–H and O–H groups in total. The number of carbonyl (C=O) groups is 1. The van der Waals surface area contributed by atoms with Gasteiger partial charge in [0.05, 0.1) is 5.56 Å². The van der Waals surface area contributed by atoms with Crippen molar-refractivity contribution in [3.8, 4) is 0 Å². The van der Waals surface area contributed by atoms with Crippen LogP contribution in [0.3, 0.4) is 0 Å². The molecule has 3 nitrogen and oxygen atoms in total. The van der Waals surface area contributed by atoms with Crippen LogP contribution in [0.5, 0.6) is 0 Å². The molecule has 0 fully saturated rings. The molecule has 0 radical (unpaired) electrons. The molecular formula is C16H18N2OS. The molecule has 0 saturated heterocycles. The largest absolute Gasteiger partial charge is 0.353 e. The Bertz CT molecular complexity index is 630. The molecule has 20 heavy (non-hydrogen) atoms. The molecule has 0 unspecified atom stereocenters. The smallest absolute Gasteiger partial charge is 0.256 e. The van der Waals surface area contributed by atoms with Crippen LogP contribution >= 0.6 is 11.3 Å². The lowest BCUT2D eigenvalue weighted by atomic mass is 10.1. The quantitative estimate of drug-likeness (QED) is 0.899. The summed E-state index contributed by atoms with van der Waals surface area (Å²) in [5.74, 6) is 0.0166. The van der Waals surface area contributed by atoms with Crippen molar-refractivity contribution >= 4 is 22.2 Å². The minimum atomic E-state index is -0.135. The third-order valence-corrected chi connectivity index (χ3v) is 4.61. The fourth-order valence-corrected chi connectivity index (χ4v) is 3.57. The molecule has 1 aliphatic rings. The molecule has 1 aromatic heterocycles. The lowest BCUT2D eigenvalue weighted by Gasteiger charge is -2.26. The zero-order valence-corrected chi connectivity index (χ0v) is 12.5. The van der Waals surface area contributed by atoms with E-state index in [1.807, 2.05) is 6.07 Å². The summed E-state index contributed by atoms with van der Waals surface area (Å²) < 4.78 is 0. The summed E-state index contributed by atoms with van der Waals surface area (Å²) in [6, 6.07) is 10.3. The van der Waals surface area contributed by atoms with Crippen molar-refractivity contribution in [3.05, 3.63) is 51.9 Å². The Morgan fingerprint density at radius 1 is 1.20 bits per heavy atom. The number of anilines is 1. The van der Waals surface area contributed by atoms with Gasteiger partial charge in [-0.05, 0) is 25.0 Å². The van der Waals surface area contributed by atoms with Crippen molar-refractivity contribution in [2.45, 2.75) is 32.9 Å². The molecule has 0 bridgehead atoms. The molecule has 2 aromatic rings. The number of rotatable bonds is 3. The highest BCUT2D eigenvalue weighted by Crippen LogP contribution is 2.34. The number of carbonyl (C=O) groups excluding carboxylic acids is 1. The molecule has 0 spiro atoms. The number of thiophene rings is 1. The second-order valence-electron chi connectivity index (χ2n) is 5.17. The van der Waals surface area contributed by atoms with Gasteiger partial charge in [-0.3, -0.25) is 4.79 Å². The maximum absolute atomic E-state index is 12.2. The number of hydrogen-bond donors (Lipinski definition) is 2. The van der Waals surface area contributed by atoms with Gasteiger partial charge in [0.15, 0.2) is 0 Å². The van der Waals surface area contributed by atoms with Gasteiger partial charge in [-0.15, -0.1) is 11.3 Å². The zero-order valence-electron chi connectivity index (χ0n) is 11.7. The van der Waals surface area contributed by atoms with Crippen LogP contribution < -0.4 is 10.6 Å². The van der Waals surface area contributed by atoms with Gasteiger partial charge in [-0.1, -0.05) is 43.2 Å². The van der Waals surface area contributed by atoms with Crippen LogP contribution in [0, 0.1) is 6.92 Å². The van der Waals surface area contributed by atoms with E-state index in [0.29, 0.717) is 0 Å². The Labute approximate surface area is 123 Å². The summed E-state index contributed by atoms with van der Waals surface area (Å²) in [4.78, 5) is 13.5. The van der Waals surface area contributed by atoms with Crippen molar-refractivity contribution in [1.82, 2.24) is 5.32 Å². The van der Waals surface area contributed by atoms with Gasteiger partial charge in [0.1, 0.15) is 11.2 Å². The minimum Gasteiger partial charge on any atom is -0.353 e. The molecule has 3 rings (SSSR count). The van der Waals surface area contributed by atoms with E-state index in [9.17, 15) is 4.79 Å². The van der Waals surface area contributed by atoms with E-state index in [1.165, 1.54) is 10.4 Å². The van der Waals surface area contributed by atoms with Gasteiger partial charge in [0.25, 0.3) is 5.91 Å². The molecule has 1 amide bonds. The van der Waals surface area contributed by atoms with E-state index in [2.05, 4.69) is 48.7 Å². The van der Waals surface area contributed by atoms with E-state index in [-0.39, 0.29) is 12.1 Å². The highest BCUT2D eigenvalue weighted by Gasteiger charge is 2.26. The van der Waals surface area contributed by atoms with E-state index in [4.69, 9.17) is 0 Å². The van der Waals surface area contributed by atoms with Crippen LogP contribution in [0.1, 0.15) is 45.9 Å². The molecule has 4 heteroatoms. The number of fused-ring (bicyclic) bond motifs is 1. The van der Waals surface area contributed by atoms with Crippen LogP contribution in [0.4, 0.5) is 5.00 Å². The second kappa shape index (κ2) is 5.29. The Morgan fingerprint density at radius 2 is 1.95 bits per heavy atom. The first-order valence-corrected chi connectivity index (χ1v) is 7.75. The standard InChI is InChI=1S/C16H18N2OS/c1-3-4-12-9-13-15(19)17-14(18-16(13)20-12)11-7-5-10(2)6-8-11/h5-9,14,18H,3-4H2,1-2H3,(H,17,19)/t14-/m1/s1. The average molecular weight is 286 g/mol. The van der Waals surface area contributed by atoms with E-state index in [0.717, 1.165) is 29.0 Å². The second-order valence-corrected chi connectivity index (χ2v) is 6.30. The van der Waals surface area contributed by atoms with Crippen LogP contribution in [0.25, 0.3) is 0 Å². The normalized spacial score (nSPS) is 17.3. The highest BCUT2D eigenvalue weighted by atomic mass is 32.1. The maximum atomic E-state index is 12.2. The minimum absolute atomic E-state index is 0.0166. The summed E-state index contributed by atoms with van der Waals surface area (Å²) in [5.41, 5.74) is 3.08. The topological polar surface area (TPSA) is 41.1 Å². The van der Waals surface area contributed by atoms with Crippen molar-refractivity contribution in [2.24, 2.45) is 0 Å². The van der Waals surface area contributed by atoms with Crippen LogP contribution in [0.15, 0.2) is 30.3 Å². The van der Waals surface area contributed by atoms with Gasteiger partial charge < -0.3 is 10.6 Å². The molecule has 1 aromatic carbocycles. The molecule has 1 atom stereocenters. The van der Waals surface area contributed by atoms with Crippen molar-refractivity contribution in [2.75, 3.05) is 5.32 Å². The van der Waals surface area contributed by atoms with E-state index < -0.39 is 0 Å². The third kappa shape index (κ3) is 2.43. The summed E-state index contributed by atoms with van der Waals surface area (Å²) >= 11 is 1.69. The molecule has 0 saturated carbocycles. The first kappa shape index (κ1) is 13.2. The number of hydrogen-bond acceptors (Lipinski definition) is 3. The molecular weight excluding hydrogens is 268 g/mol. The summed E-state index contributed by atoms with van der Waals surface area (Å²) in [6.45, 7) is 4.21. The van der Waals surface area contributed by atoms with E-state index >= 15 is 0 Å². The highest BCUT2D eigenvalue weighted by molar-refractivity contribution is 7.16. The third-order valence-electron chi connectivity index (χ3n) is 3.49. The Morgan fingerprint density at radius 3 is 2.65 bits per heavy atom. The van der Waals surface area contributed by atoms with Gasteiger partial charge in [-0.25, -0.2) is 0 Å². The first-order chi connectivity index (χ1) is 9.67. The number of amides is 1. The van der Waals surface area contributed by atoms with Gasteiger partial charge in [0.2, 0.25) is 0 Å². The maximum Gasteiger partial charge on any atom is 0.256 e. The number of nitrogens with one attached hydrogen (secondary N) is 2. The zero-order chi connectivity index (χ0) is 14.1. The average Bonchev–Trinajstić information content (AvgIpc) is 2.83. The molecule has 0 aliphatic carbocycles. The fourth-order valence-electron chi connectivity index (χ4n) is 2.39. The van der Waals surface area contributed by atoms with Crippen molar-refractivity contribution < 1.29 is 4.79 Å². The van der Waals surface area contributed by atoms with Crippen LogP contribution in [-0.4, -0.2) is 5.91 Å². The summed E-state index contributed by atoms with van der Waals surface area (Å²) in [5, 5.41) is 7.44. The predicted molar refractivity (Wildman–Crippen MR) is 83.3 cm³/mol. The van der Waals surface area contributed by atoms with Gasteiger partial charge >= 0.3 is 0 Å². The van der Waals surface area contributed by atoms with Gasteiger partial charge in [0, 0.05) is 4.88 Å². The van der Waals surface area contributed by atoms with Crippen LogP contribution in [0.2, 0.25) is 0 Å². The van der Waals surface area contributed by atoms with Crippen molar-refractivity contribution in [1.29, 1.82) is 0 Å².